The molecule has 0 bridgehead atoms. The number of aliphatic hydroxyl groups is 1. The molecule has 18 heavy (non-hydrogen) atoms. The lowest BCUT2D eigenvalue weighted by Crippen LogP contribution is -2.35. The van der Waals surface area contributed by atoms with Gasteiger partial charge in [0, 0.05) is 10.5 Å². The Morgan fingerprint density at radius 3 is 2.50 bits per heavy atom. The van der Waals surface area contributed by atoms with Crippen LogP contribution in [0.2, 0.25) is 0 Å². The highest BCUT2D eigenvalue weighted by molar-refractivity contribution is 9.10. The highest BCUT2D eigenvalue weighted by atomic mass is 79.9. The lowest BCUT2D eigenvalue weighted by Gasteiger charge is -2.05. The molecule has 0 saturated heterocycles. The van der Waals surface area contributed by atoms with E-state index in [-0.39, 0.29) is 6.54 Å². The van der Waals surface area contributed by atoms with Crippen molar-refractivity contribution < 1.29 is 19.8 Å². The Morgan fingerprint density at radius 2 is 1.94 bits per heavy atom. The van der Waals surface area contributed by atoms with E-state index in [0.29, 0.717) is 0 Å². The number of hydrogen-bond donors (Lipinski definition) is 3. The maximum absolute atomic E-state index is 11.3. The minimum atomic E-state index is -1.59. The van der Waals surface area contributed by atoms with E-state index in [0.717, 1.165) is 10.0 Å². The maximum Gasteiger partial charge on any atom is 0.334 e. The summed E-state index contributed by atoms with van der Waals surface area (Å²) in [5, 5.41) is 19.6. The van der Waals surface area contributed by atoms with Crippen LogP contribution in [-0.2, 0) is 9.59 Å². The predicted molar refractivity (Wildman–Crippen MR) is 69.8 cm³/mol. The number of aliphatic hydroxyl groups excluding tert-OH is 1. The zero-order valence-corrected chi connectivity index (χ0v) is 10.9. The van der Waals surface area contributed by atoms with Gasteiger partial charge in [0.1, 0.15) is 0 Å². The molecule has 0 spiro atoms. The topological polar surface area (TPSA) is 86.6 Å². The number of benzene rings is 1. The van der Waals surface area contributed by atoms with Crippen LogP contribution in [0.4, 0.5) is 0 Å². The third kappa shape index (κ3) is 5.11. The average Bonchev–Trinajstić information content (AvgIpc) is 2.35. The smallest absolute Gasteiger partial charge is 0.334 e. The lowest BCUT2D eigenvalue weighted by molar-refractivity contribution is -0.146. The fourth-order valence-electron chi connectivity index (χ4n) is 1.09. The third-order valence-corrected chi connectivity index (χ3v) is 2.58. The number of carboxylic acid groups (broad SMARTS) is 1. The van der Waals surface area contributed by atoms with Crippen molar-refractivity contribution in [3.8, 4) is 0 Å². The van der Waals surface area contributed by atoms with Crippen LogP contribution in [0.5, 0.6) is 0 Å². The first kappa shape index (κ1) is 14.4. The Balaban J connectivity index is 2.45. The SMILES string of the molecule is O=C(C=Cc1ccc(Br)cc1)NCC(O)C(=O)O. The second-order valence-corrected chi connectivity index (χ2v) is 4.40. The normalized spacial score (nSPS) is 12.3. The first-order chi connectivity index (χ1) is 8.49. The van der Waals surface area contributed by atoms with Gasteiger partial charge in [-0.3, -0.25) is 4.79 Å². The Hall–Kier alpha value is -1.66. The molecule has 1 unspecified atom stereocenters. The molecule has 0 aliphatic heterocycles. The zero-order chi connectivity index (χ0) is 13.5. The van der Waals surface area contributed by atoms with E-state index in [4.69, 9.17) is 10.2 Å². The van der Waals surface area contributed by atoms with Crippen molar-refractivity contribution >= 4 is 33.9 Å². The Kier molecular flexibility index (Phi) is 5.54. The molecular weight excluding hydrogens is 302 g/mol. The van der Waals surface area contributed by atoms with Crippen molar-refractivity contribution in [1.29, 1.82) is 0 Å². The zero-order valence-electron chi connectivity index (χ0n) is 9.34. The molecular formula is C12H12BrNO4. The Bertz CT molecular complexity index is 456. The van der Waals surface area contributed by atoms with Gasteiger partial charge in [-0.05, 0) is 23.8 Å². The van der Waals surface area contributed by atoms with E-state index < -0.39 is 18.0 Å². The van der Waals surface area contributed by atoms with Crippen LogP contribution < -0.4 is 5.32 Å². The van der Waals surface area contributed by atoms with Crippen LogP contribution in [0.25, 0.3) is 6.08 Å². The summed E-state index contributed by atoms with van der Waals surface area (Å²) in [6, 6.07) is 7.32. The van der Waals surface area contributed by atoms with Crippen molar-refractivity contribution in [2.24, 2.45) is 0 Å². The predicted octanol–water partition coefficient (Wildman–Crippen LogP) is 1.02. The van der Waals surface area contributed by atoms with E-state index in [9.17, 15) is 9.59 Å². The number of aliphatic carboxylic acids is 1. The fourth-order valence-corrected chi connectivity index (χ4v) is 1.35. The van der Waals surface area contributed by atoms with Gasteiger partial charge in [-0.1, -0.05) is 28.1 Å². The molecule has 0 heterocycles. The lowest BCUT2D eigenvalue weighted by atomic mass is 10.2. The van der Waals surface area contributed by atoms with Gasteiger partial charge in [0.05, 0.1) is 6.54 Å². The van der Waals surface area contributed by atoms with Gasteiger partial charge < -0.3 is 15.5 Å². The van der Waals surface area contributed by atoms with E-state index in [2.05, 4.69) is 21.2 Å². The summed E-state index contributed by atoms with van der Waals surface area (Å²) in [7, 11) is 0. The van der Waals surface area contributed by atoms with E-state index in [1.54, 1.807) is 6.08 Å². The van der Waals surface area contributed by atoms with Crippen molar-refractivity contribution in [3.63, 3.8) is 0 Å². The number of rotatable bonds is 5. The molecule has 0 aliphatic carbocycles. The van der Waals surface area contributed by atoms with Crippen LogP contribution in [0, 0.1) is 0 Å². The fraction of sp³-hybridized carbons (Fsp3) is 0.167. The molecule has 3 N–H and O–H groups in total. The van der Waals surface area contributed by atoms with Crippen LogP contribution in [-0.4, -0.2) is 34.7 Å². The summed E-state index contributed by atoms with van der Waals surface area (Å²) in [4.78, 5) is 21.6. The van der Waals surface area contributed by atoms with E-state index in [1.807, 2.05) is 24.3 Å². The monoisotopic (exact) mass is 313 g/mol. The van der Waals surface area contributed by atoms with Crippen LogP contribution >= 0.6 is 15.9 Å². The van der Waals surface area contributed by atoms with Crippen LogP contribution in [0.1, 0.15) is 5.56 Å². The molecule has 1 aromatic carbocycles. The summed E-state index contributed by atoms with van der Waals surface area (Å²) in [6.45, 7) is -0.321. The molecule has 0 aromatic heterocycles. The van der Waals surface area contributed by atoms with Crippen LogP contribution in [0.3, 0.4) is 0 Å². The summed E-state index contributed by atoms with van der Waals surface area (Å²) in [5.41, 5.74) is 0.840. The molecule has 1 aromatic rings. The molecule has 0 fully saturated rings. The standard InChI is InChI=1S/C12H12BrNO4/c13-9-4-1-8(2-5-9)3-6-11(16)14-7-10(15)12(17)18/h1-6,10,15H,7H2,(H,14,16)(H,17,18). The van der Waals surface area contributed by atoms with Gasteiger partial charge in [0.25, 0.3) is 0 Å². The number of halogens is 1. The maximum atomic E-state index is 11.3. The molecule has 6 heteroatoms. The number of carbonyl (C=O) groups is 2. The van der Waals surface area contributed by atoms with Crippen molar-refractivity contribution in [2.45, 2.75) is 6.10 Å². The first-order valence-corrected chi connectivity index (χ1v) is 5.90. The van der Waals surface area contributed by atoms with Gasteiger partial charge in [0.2, 0.25) is 5.91 Å². The molecule has 0 aliphatic rings. The molecule has 0 radical (unpaired) electrons. The summed E-state index contributed by atoms with van der Waals surface area (Å²) in [5.74, 6) is -1.83. The van der Waals surface area contributed by atoms with Crippen molar-refractivity contribution in [2.75, 3.05) is 6.54 Å². The van der Waals surface area contributed by atoms with E-state index >= 15 is 0 Å². The van der Waals surface area contributed by atoms with Crippen molar-refractivity contribution in [1.82, 2.24) is 5.32 Å². The molecule has 96 valence electrons. The third-order valence-electron chi connectivity index (χ3n) is 2.05. The van der Waals surface area contributed by atoms with Gasteiger partial charge in [-0.15, -0.1) is 0 Å². The summed E-state index contributed by atoms with van der Waals surface area (Å²) >= 11 is 3.29. The first-order valence-electron chi connectivity index (χ1n) is 5.11. The number of nitrogens with one attached hydrogen (secondary N) is 1. The number of carboxylic acids is 1. The second kappa shape index (κ2) is 6.93. The quantitative estimate of drug-likeness (QED) is 0.708. The number of amides is 1. The summed E-state index contributed by atoms with van der Waals surface area (Å²) in [6.07, 6.45) is 1.28. The number of carbonyl (C=O) groups excluding carboxylic acids is 1. The van der Waals surface area contributed by atoms with Gasteiger partial charge in [-0.2, -0.15) is 0 Å². The molecule has 1 rings (SSSR count). The van der Waals surface area contributed by atoms with Crippen LogP contribution in [0.15, 0.2) is 34.8 Å². The molecule has 5 nitrogen and oxygen atoms in total. The van der Waals surface area contributed by atoms with Crippen molar-refractivity contribution in [3.05, 3.63) is 40.4 Å². The minimum absolute atomic E-state index is 0.321. The van der Waals surface area contributed by atoms with Gasteiger partial charge in [0.15, 0.2) is 6.10 Å². The Labute approximate surface area is 112 Å². The number of hydrogen-bond acceptors (Lipinski definition) is 3. The average molecular weight is 314 g/mol. The van der Waals surface area contributed by atoms with E-state index in [1.165, 1.54) is 6.08 Å². The Morgan fingerprint density at radius 1 is 1.33 bits per heavy atom. The highest BCUT2D eigenvalue weighted by Gasteiger charge is 2.12. The molecule has 1 atom stereocenters. The molecule has 0 saturated carbocycles. The largest absolute Gasteiger partial charge is 0.479 e. The summed E-state index contributed by atoms with van der Waals surface area (Å²) < 4.78 is 0.939. The van der Waals surface area contributed by atoms with Gasteiger partial charge >= 0.3 is 5.97 Å². The minimum Gasteiger partial charge on any atom is -0.479 e. The molecule has 1 amide bonds. The second-order valence-electron chi connectivity index (χ2n) is 3.48. The van der Waals surface area contributed by atoms with Gasteiger partial charge in [-0.25, -0.2) is 4.79 Å². The highest BCUT2D eigenvalue weighted by Crippen LogP contribution is 2.11.